The van der Waals surface area contributed by atoms with Gasteiger partial charge in [-0.05, 0) is 13.8 Å². The first kappa shape index (κ1) is 12.3. The fourth-order valence-electron chi connectivity index (χ4n) is 1.58. The van der Waals surface area contributed by atoms with Crippen LogP contribution in [-0.4, -0.2) is 31.3 Å². The highest BCUT2D eigenvalue weighted by atomic mass is 16.5. The average molecular weight is 248 g/mol. The van der Waals surface area contributed by atoms with Crippen molar-refractivity contribution in [3.63, 3.8) is 0 Å². The number of nitrogens with zero attached hydrogens (tertiary/aromatic N) is 5. The first-order valence-electron chi connectivity index (χ1n) is 5.77. The van der Waals surface area contributed by atoms with E-state index >= 15 is 0 Å². The van der Waals surface area contributed by atoms with Gasteiger partial charge in [-0.3, -0.25) is 0 Å². The SMILES string of the molecule is CCOc1ccnc(NC(C)c2nncn2C)n1. The maximum atomic E-state index is 5.32. The van der Waals surface area contributed by atoms with Gasteiger partial charge in [0.05, 0.1) is 12.6 Å². The smallest absolute Gasteiger partial charge is 0.226 e. The molecule has 0 bridgehead atoms. The number of hydrogen-bond donors (Lipinski definition) is 1. The number of nitrogens with one attached hydrogen (secondary N) is 1. The van der Waals surface area contributed by atoms with Crippen molar-refractivity contribution in [1.82, 2.24) is 24.7 Å². The van der Waals surface area contributed by atoms with Gasteiger partial charge in [-0.15, -0.1) is 10.2 Å². The third-order valence-corrected chi connectivity index (χ3v) is 2.40. The fraction of sp³-hybridized carbons (Fsp3) is 0.455. The molecule has 0 aromatic carbocycles. The zero-order valence-electron chi connectivity index (χ0n) is 10.7. The summed E-state index contributed by atoms with van der Waals surface area (Å²) in [7, 11) is 1.89. The number of anilines is 1. The summed E-state index contributed by atoms with van der Waals surface area (Å²) in [5.74, 6) is 1.89. The van der Waals surface area contributed by atoms with E-state index in [4.69, 9.17) is 4.74 Å². The van der Waals surface area contributed by atoms with Crippen molar-refractivity contribution in [3.8, 4) is 5.88 Å². The second-order valence-electron chi connectivity index (χ2n) is 3.82. The molecule has 0 amide bonds. The van der Waals surface area contributed by atoms with Crippen molar-refractivity contribution in [2.75, 3.05) is 11.9 Å². The van der Waals surface area contributed by atoms with Gasteiger partial charge in [0.15, 0.2) is 5.82 Å². The summed E-state index contributed by atoms with van der Waals surface area (Å²) in [4.78, 5) is 8.38. The molecule has 96 valence electrons. The standard InChI is InChI=1S/C11H16N6O/c1-4-18-9-5-6-12-11(15-9)14-8(2)10-16-13-7-17(10)3/h5-8H,4H2,1-3H3,(H,12,14,15). The maximum absolute atomic E-state index is 5.32. The molecular formula is C11H16N6O. The number of rotatable bonds is 5. The van der Waals surface area contributed by atoms with Crippen LogP contribution in [0.2, 0.25) is 0 Å². The van der Waals surface area contributed by atoms with E-state index in [0.717, 1.165) is 5.82 Å². The Morgan fingerprint density at radius 1 is 1.50 bits per heavy atom. The predicted octanol–water partition coefficient (Wildman–Crippen LogP) is 1.18. The van der Waals surface area contributed by atoms with Crippen LogP contribution in [0.4, 0.5) is 5.95 Å². The molecule has 1 N–H and O–H groups in total. The lowest BCUT2D eigenvalue weighted by atomic mass is 10.3. The predicted molar refractivity (Wildman–Crippen MR) is 66.2 cm³/mol. The molecule has 2 aromatic heterocycles. The van der Waals surface area contributed by atoms with E-state index in [0.29, 0.717) is 18.4 Å². The van der Waals surface area contributed by atoms with Gasteiger partial charge in [0, 0.05) is 19.3 Å². The van der Waals surface area contributed by atoms with Gasteiger partial charge in [0.2, 0.25) is 11.8 Å². The van der Waals surface area contributed by atoms with E-state index in [1.807, 2.05) is 25.5 Å². The molecule has 18 heavy (non-hydrogen) atoms. The Bertz CT molecular complexity index is 512. The van der Waals surface area contributed by atoms with Crippen LogP contribution in [0.5, 0.6) is 5.88 Å². The zero-order chi connectivity index (χ0) is 13.0. The van der Waals surface area contributed by atoms with Crippen LogP contribution in [0.25, 0.3) is 0 Å². The van der Waals surface area contributed by atoms with Gasteiger partial charge in [-0.1, -0.05) is 0 Å². The minimum atomic E-state index is -0.0330. The molecule has 1 unspecified atom stereocenters. The molecule has 7 heteroatoms. The van der Waals surface area contributed by atoms with Crippen molar-refractivity contribution >= 4 is 5.95 Å². The van der Waals surface area contributed by atoms with Gasteiger partial charge in [-0.2, -0.15) is 4.98 Å². The minimum Gasteiger partial charge on any atom is -0.478 e. The Kier molecular flexibility index (Phi) is 3.71. The normalized spacial score (nSPS) is 12.2. The summed E-state index contributed by atoms with van der Waals surface area (Å²) in [6.45, 7) is 4.47. The number of hydrogen-bond acceptors (Lipinski definition) is 6. The maximum Gasteiger partial charge on any atom is 0.226 e. The molecule has 0 aliphatic carbocycles. The Hall–Kier alpha value is -2.18. The molecular weight excluding hydrogens is 232 g/mol. The molecule has 7 nitrogen and oxygen atoms in total. The fourth-order valence-corrected chi connectivity index (χ4v) is 1.58. The third kappa shape index (κ3) is 2.73. The summed E-state index contributed by atoms with van der Waals surface area (Å²) in [6.07, 6.45) is 3.31. The minimum absolute atomic E-state index is 0.0330. The van der Waals surface area contributed by atoms with E-state index in [1.165, 1.54) is 0 Å². The van der Waals surface area contributed by atoms with Gasteiger partial charge in [0.1, 0.15) is 6.33 Å². The highest BCUT2D eigenvalue weighted by Crippen LogP contribution is 2.15. The lowest BCUT2D eigenvalue weighted by Gasteiger charge is -2.13. The van der Waals surface area contributed by atoms with Gasteiger partial charge in [-0.25, -0.2) is 4.98 Å². The lowest BCUT2D eigenvalue weighted by molar-refractivity contribution is 0.326. The number of aryl methyl sites for hydroxylation is 1. The van der Waals surface area contributed by atoms with E-state index in [1.54, 1.807) is 18.6 Å². The molecule has 0 spiro atoms. The van der Waals surface area contributed by atoms with Crippen LogP contribution < -0.4 is 10.1 Å². The topological polar surface area (TPSA) is 77.8 Å². The van der Waals surface area contributed by atoms with E-state index < -0.39 is 0 Å². The van der Waals surface area contributed by atoms with Crippen molar-refractivity contribution < 1.29 is 4.74 Å². The molecule has 0 aliphatic heterocycles. The molecule has 0 fully saturated rings. The number of ether oxygens (including phenoxy) is 1. The summed E-state index contributed by atoms with van der Waals surface area (Å²) in [5.41, 5.74) is 0. The van der Waals surface area contributed by atoms with Gasteiger partial charge >= 0.3 is 0 Å². The Morgan fingerprint density at radius 2 is 2.33 bits per heavy atom. The molecule has 2 aromatic rings. The van der Waals surface area contributed by atoms with Gasteiger partial charge in [0.25, 0.3) is 0 Å². The zero-order valence-corrected chi connectivity index (χ0v) is 10.7. The molecule has 2 rings (SSSR count). The molecule has 0 aliphatic rings. The van der Waals surface area contributed by atoms with Crippen LogP contribution in [0.3, 0.4) is 0 Å². The quantitative estimate of drug-likeness (QED) is 0.856. The Labute approximate surface area is 105 Å². The summed E-state index contributed by atoms with van der Waals surface area (Å²) >= 11 is 0. The summed E-state index contributed by atoms with van der Waals surface area (Å²) < 4.78 is 7.17. The molecule has 2 heterocycles. The highest BCUT2D eigenvalue weighted by molar-refractivity contribution is 5.29. The van der Waals surface area contributed by atoms with E-state index in [2.05, 4.69) is 25.5 Å². The van der Waals surface area contributed by atoms with Crippen LogP contribution in [0.1, 0.15) is 25.7 Å². The molecule has 0 radical (unpaired) electrons. The van der Waals surface area contributed by atoms with Crippen LogP contribution in [0.15, 0.2) is 18.6 Å². The first-order valence-corrected chi connectivity index (χ1v) is 5.77. The van der Waals surface area contributed by atoms with Crippen molar-refractivity contribution in [2.24, 2.45) is 7.05 Å². The number of aromatic nitrogens is 5. The Balaban J connectivity index is 2.09. The summed E-state index contributed by atoms with van der Waals surface area (Å²) in [6, 6.07) is 1.69. The highest BCUT2D eigenvalue weighted by Gasteiger charge is 2.12. The van der Waals surface area contributed by atoms with E-state index in [-0.39, 0.29) is 6.04 Å². The molecule has 0 saturated carbocycles. The summed E-state index contributed by atoms with van der Waals surface area (Å²) in [5, 5.41) is 11.0. The first-order chi connectivity index (χ1) is 8.70. The van der Waals surface area contributed by atoms with Crippen LogP contribution >= 0.6 is 0 Å². The second-order valence-corrected chi connectivity index (χ2v) is 3.82. The van der Waals surface area contributed by atoms with Crippen LogP contribution in [-0.2, 0) is 7.05 Å². The van der Waals surface area contributed by atoms with Gasteiger partial charge < -0.3 is 14.6 Å². The Morgan fingerprint density at radius 3 is 3.00 bits per heavy atom. The van der Waals surface area contributed by atoms with Crippen molar-refractivity contribution in [2.45, 2.75) is 19.9 Å². The largest absolute Gasteiger partial charge is 0.478 e. The van der Waals surface area contributed by atoms with E-state index in [9.17, 15) is 0 Å². The second kappa shape index (κ2) is 5.44. The molecule has 0 saturated heterocycles. The van der Waals surface area contributed by atoms with Crippen LogP contribution in [0, 0.1) is 0 Å². The average Bonchev–Trinajstić information content (AvgIpc) is 2.76. The third-order valence-electron chi connectivity index (χ3n) is 2.40. The monoisotopic (exact) mass is 248 g/mol. The lowest BCUT2D eigenvalue weighted by Crippen LogP contribution is -2.14. The van der Waals surface area contributed by atoms with Crippen molar-refractivity contribution in [3.05, 3.63) is 24.4 Å². The molecule has 1 atom stereocenters. The van der Waals surface area contributed by atoms with Crippen molar-refractivity contribution in [1.29, 1.82) is 0 Å².